The number of fused-ring (bicyclic) bond motifs is 3. The lowest BCUT2D eigenvalue weighted by molar-refractivity contribution is -0.125. The van der Waals surface area contributed by atoms with Crippen LogP contribution in [0.25, 0.3) is 15.9 Å². The lowest BCUT2D eigenvalue weighted by Gasteiger charge is -2.18. The SMILES string of the molecule is Cc1ccccc1-n1c(SCC(=O)N(C)C)nc2sc3c(c2c1=O)CCC(C)C3. The van der Waals surface area contributed by atoms with Crippen molar-refractivity contribution in [1.29, 1.82) is 0 Å². The van der Waals surface area contributed by atoms with Gasteiger partial charge in [0, 0.05) is 19.0 Å². The second kappa shape index (κ2) is 7.95. The molecule has 1 aliphatic rings. The zero-order chi connectivity index (χ0) is 20.7. The summed E-state index contributed by atoms with van der Waals surface area (Å²) < 4.78 is 1.70. The minimum Gasteiger partial charge on any atom is -0.348 e. The molecule has 0 saturated carbocycles. The van der Waals surface area contributed by atoms with E-state index in [1.165, 1.54) is 22.2 Å². The maximum Gasteiger partial charge on any atom is 0.267 e. The Morgan fingerprint density at radius 1 is 1.34 bits per heavy atom. The molecule has 152 valence electrons. The Labute approximate surface area is 178 Å². The summed E-state index contributed by atoms with van der Waals surface area (Å²) in [5.41, 5.74) is 3.00. The third-order valence-electron chi connectivity index (χ3n) is 5.48. The number of aryl methyl sites for hydroxylation is 2. The van der Waals surface area contributed by atoms with Gasteiger partial charge in [-0.2, -0.15) is 0 Å². The molecular weight excluding hydrogens is 402 g/mol. The van der Waals surface area contributed by atoms with E-state index in [0.717, 1.165) is 40.7 Å². The number of amides is 1. The Morgan fingerprint density at radius 3 is 2.83 bits per heavy atom. The quantitative estimate of drug-likeness (QED) is 0.465. The maximum atomic E-state index is 13.7. The molecule has 1 atom stereocenters. The van der Waals surface area contributed by atoms with Crippen LogP contribution in [0.3, 0.4) is 0 Å². The van der Waals surface area contributed by atoms with Crippen molar-refractivity contribution in [2.45, 2.75) is 38.3 Å². The van der Waals surface area contributed by atoms with Crippen LogP contribution in [0.2, 0.25) is 0 Å². The summed E-state index contributed by atoms with van der Waals surface area (Å²) in [7, 11) is 3.48. The molecule has 1 unspecified atom stereocenters. The van der Waals surface area contributed by atoms with Gasteiger partial charge in [-0.25, -0.2) is 4.98 Å². The Hall–Kier alpha value is -2.12. The number of carbonyl (C=O) groups excluding carboxylic acids is 1. The number of hydrogen-bond donors (Lipinski definition) is 0. The first kappa shape index (κ1) is 20.2. The number of benzene rings is 1. The zero-order valence-electron chi connectivity index (χ0n) is 17.2. The van der Waals surface area contributed by atoms with E-state index in [1.54, 1.807) is 34.9 Å². The van der Waals surface area contributed by atoms with Gasteiger partial charge >= 0.3 is 0 Å². The first-order valence-electron chi connectivity index (χ1n) is 9.83. The Balaban J connectivity index is 1.92. The predicted molar refractivity (Wildman–Crippen MR) is 121 cm³/mol. The first-order chi connectivity index (χ1) is 13.9. The largest absolute Gasteiger partial charge is 0.348 e. The average molecular weight is 428 g/mol. The highest BCUT2D eigenvalue weighted by molar-refractivity contribution is 7.99. The van der Waals surface area contributed by atoms with Crippen molar-refractivity contribution in [2.24, 2.45) is 5.92 Å². The van der Waals surface area contributed by atoms with Gasteiger partial charge in [0.05, 0.1) is 16.8 Å². The van der Waals surface area contributed by atoms with E-state index in [9.17, 15) is 9.59 Å². The number of rotatable bonds is 4. The van der Waals surface area contributed by atoms with Gasteiger partial charge < -0.3 is 4.90 Å². The smallest absolute Gasteiger partial charge is 0.267 e. The topological polar surface area (TPSA) is 55.2 Å². The van der Waals surface area contributed by atoms with E-state index < -0.39 is 0 Å². The van der Waals surface area contributed by atoms with Crippen molar-refractivity contribution in [3.63, 3.8) is 0 Å². The van der Waals surface area contributed by atoms with Crippen LogP contribution < -0.4 is 5.56 Å². The fraction of sp³-hybridized carbons (Fsp3) is 0.409. The number of nitrogens with zero attached hydrogens (tertiary/aromatic N) is 3. The monoisotopic (exact) mass is 427 g/mol. The molecule has 0 N–H and O–H groups in total. The van der Waals surface area contributed by atoms with Gasteiger partial charge in [0.15, 0.2) is 5.16 Å². The van der Waals surface area contributed by atoms with Crippen LogP contribution in [-0.4, -0.2) is 40.2 Å². The third kappa shape index (κ3) is 3.73. The van der Waals surface area contributed by atoms with Crippen molar-refractivity contribution < 1.29 is 4.79 Å². The minimum absolute atomic E-state index is 0.0000200. The summed E-state index contributed by atoms with van der Waals surface area (Å²) in [6, 6.07) is 7.84. The minimum atomic E-state index is -0.0174. The molecule has 0 radical (unpaired) electrons. The number of hydrogen-bond acceptors (Lipinski definition) is 5. The molecule has 29 heavy (non-hydrogen) atoms. The van der Waals surface area contributed by atoms with Crippen molar-refractivity contribution in [3.8, 4) is 5.69 Å². The Morgan fingerprint density at radius 2 is 2.10 bits per heavy atom. The molecule has 3 aromatic rings. The summed E-state index contributed by atoms with van der Waals surface area (Å²) in [6.07, 6.45) is 3.06. The van der Waals surface area contributed by atoms with E-state index in [4.69, 9.17) is 4.98 Å². The second-order valence-corrected chi connectivity index (χ2v) is 9.96. The molecule has 1 aromatic carbocycles. The van der Waals surface area contributed by atoms with Crippen LogP contribution in [0, 0.1) is 12.8 Å². The fourth-order valence-electron chi connectivity index (χ4n) is 3.75. The number of carbonyl (C=O) groups is 1. The molecule has 0 saturated heterocycles. The normalized spacial score (nSPS) is 16.1. The molecule has 2 aromatic heterocycles. The van der Waals surface area contributed by atoms with E-state index in [1.807, 2.05) is 31.2 Å². The highest BCUT2D eigenvalue weighted by atomic mass is 32.2. The van der Waals surface area contributed by atoms with E-state index >= 15 is 0 Å². The van der Waals surface area contributed by atoms with Crippen LogP contribution in [-0.2, 0) is 17.6 Å². The molecule has 4 rings (SSSR count). The molecule has 0 spiro atoms. The highest BCUT2D eigenvalue weighted by Gasteiger charge is 2.25. The molecular formula is C22H25N3O2S2. The van der Waals surface area contributed by atoms with Crippen LogP contribution >= 0.6 is 23.1 Å². The van der Waals surface area contributed by atoms with Crippen molar-refractivity contribution in [2.75, 3.05) is 19.8 Å². The molecule has 1 aliphatic carbocycles. The molecule has 0 aliphatic heterocycles. The number of aromatic nitrogens is 2. The second-order valence-electron chi connectivity index (χ2n) is 7.93. The van der Waals surface area contributed by atoms with Gasteiger partial charge in [-0.05, 0) is 49.3 Å². The van der Waals surface area contributed by atoms with E-state index in [-0.39, 0.29) is 17.2 Å². The lowest BCUT2D eigenvalue weighted by Crippen LogP contribution is -2.26. The average Bonchev–Trinajstić information content (AvgIpc) is 3.04. The molecule has 2 heterocycles. The Bertz CT molecular complexity index is 1150. The standard InChI is InChI=1S/C22H25N3O2S2/c1-13-9-10-15-17(11-13)29-20-19(15)21(27)25(16-8-6-5-7-14(16)2)22(23-20)28-12-18(26)24(3)4/h5-8,13H,9-12H2,1-4H3. The van der Waals surface area contributed by atoms with Crippen LogP contribution in [0.15, 0.2) is 34.2 Å². The summed E-state index contributed by atoms with van der Waals surface area (Å²) in [4.78, 5) is 34.4. The van der Waals surface area contributed by atoms with Crippen molar-refractivity contribution in [3.05, 3.63) is 50.6 Å². The van der Waals surface area contributed by atoms with Crippen LogP contribution in [0.1, 0.15) is 29.3 Å². The van der Waals surface area contributed by atoms with Crippen molar-refractivity contribution >= 4 is 39.2 Å². The third-order valence-corrected chi connectivity index (χ3v) is 7.55. The highest BCUT2D eigenvalue weighted by Crippen LogP contribution is 2.37. The molecule has 0 fully saturated rings. The first-order valence-corrected chi connectivity index (χ1v) is 11.6. The van der Waals surface area contributed by atoms with E-state index in [2.05, 4.69) is 6.92 Å². The number of thiophene rings is 1. The van der Waals surface area contributed by atoms with Crippen molar-refractivity contribution in [1.82, 2.24) is 14.5 Å². The predicted octanol–water partition coefficient (Wildman–Crippen LogP) is 4.06. The summed E-state index contributed by atoms with van der Waals surface area (Å²) >= 11 is 2.98. The van der Waals surface area contributed by atoms with Crippen LogP contribution in [0.5, 0.6) is 0 Å². The fourth-order valence-corrected chi connectivity index (χ4v) is 6.16. The molecule has 1 amide bonds. The summed E-state index contributed by atoms with van der Waals surface area (Å²) in [5, 5.41) is 1.35. The molecule has 5 nitrogen and oxygen atoms in total. The molecule has 7 heteroatoms. The van der Waals surface area contributed by atoms with E-state index in [0.29, 0.717) is 11.1 Å². The zero-order valence-corrected chi connectivity index (χ0v) is 18.8. The van der Waals surface area contributed by atoms with Gasteiger partial charge in [0.2, 0.25) is 5.91 Å². The van der Waals surface area contributed by atoms with Gasteiger partial charge in [-0.3, -0.25) is 14.2 Å². The Kier molecular flexibility index (Phi) is 5.53. The van der Waals surface area contributed by atoms with Crippen LogP contribution in [0.4, 0.5) is 0 Å². The summed E-state index contributed by atoms with van der Waals surface area (Å²) in [5.74, 6) is 0.888. The van der Waals surface area contributed by atoms with Gasteiger partial charge in [-0.1, -0.05) is 36.9 Å². The van der Waals surface area contributed by atoms with Gasteiger partial charge in [-0.15, -0.1) is 11.3 Å². The maximum absolute atomic E-state index is 13.7. The summed E-state index contributed by atoms with van der Waals surface area (Å²) in [6.45, 7) is 4.26. The number of para-hydroxylation sites is 1. The van der Waals surface area contributed by atoms with Gasteiger partial charge in [0.25, 0.3) is 5.56 Å². The van der Waals surface area contributed by atoms with Gasteiger partial charge in [0.1, 0.15) is 4.83 Å². The number of thioether (sulfide) groups is 1. The lowest BCUT2D eigenvalue weighted by atomic mass is 9.89. The molecule has 0 bridgehead atoms.